The third-order valence-corrected chi connectivity index (χ3v) is 4.20. The van der Waals surface area contributed by atoms with Crippen LogP contribution in [0.2, 0.25) is 10.0 Å². The Hall–Kier alpha value is -3.42. The van der Waals surface area contributed by atoms with E-state index in [4.69, 9.17) is 37.4 Å². The summed E-state index contributed by atoms with van der Waals surface area (Å²) in [5.41, 5.74) is 0. The van der Waals surface area contributed by atoms with E-state index in [1.54, 1.807) is 55.0 Å². The van der Waals surface area contributed by atoms with E-state index in [1.807, 2.05) is 0 Å². The maximum Gasteiger partial charge on any atom is 0.245 e. The van der Waals surface area contributed by atoms with Crippen LogP contribution in [0.15, 0.2) is 73.6 Å². The zero-order chi connectivity index (χ0) is 20.1. The quantitative estimate of drug-likeness (QED) is 0.376. The molecule has 0 aromatic carbocycles. The Labute approximate surface area is 175 Å². The molecule has 0 aliphatic carbocycles. The van der Waals surface area contributed by atoms with Crippen LogP contribution in [0.4, 0.5) is 0 Å². The third kappa shape index (κ3) is 4.53. The van der Waals surface area contributed by atoms with E-state index in [0.29, 0.717) is 17.2 Å². The van der Waals surface area contributed by atoms with Crippen LogP contribution in [0.25, 0.3) is 0 Å². The maximum atomic E-state index is 6.48. The van der Waals surface area contributed by atoms with Gasteiger partial charge in [0.25, 0.3) is 0 Å². The molecule has 0 fully saturated rings. The smallest absolute Gasteiger partial charge is 0.245 e. The van der Waals surface area contributed by atoms with Gasteiger partial charge >= 0.3 is 0 Å². The first kappa shape index (κ1) is 18.9. The van der Waals surface area contributed by atoms with Crippen LogP contribution < -0.4 is 14.2 Å². The van der Waals surface area contributed by atoms with Crippen molar-refractivity contribution in [2.75, 3.05) is 0 Å². The minimum atomic E-state index is 0.0434. The van der Waals surface area contributed by atoms with Crippen LogP contribution in [0.5, 0.6) is 34.8 Å². The lowest BCUT2D eigenvalue weighted by atomic mass is 10.4. The Bertz CT molecular complexity index is 1040. The first-order valence-electron chi connectivity index (χ1n) is 8.33. The molecule has 0 aliphatic rings. The molecule has 29 heavy (non-hydrogen) atoms. The van der Waals surface area contributed by atoms with Gasteiger partial charge in [0.2, 0.25) is 11.8 Å². The lowest BCUT2D eigenvalue weighted by Gasteiger charge is -2.15. The fourth-order valence-corrected chi connectivity index (χ4v) is 2.75. The molecule has 0 radical (unpaired) electrons. The van der Waals surface area contributed by atoms with Gasteiger partial charge in [-0.3, -0.25) is 15.0 Å². The highest BCUT2D eigenvalue weighted by atomic mass is 35.5. The molecule has 4 heterocycles. The minimum absolute atomic E-state index is 0.0434. The van der Waals surface area contributed by atoms with Crippen molar-refractivity contribution in [3.05, 3.63) is 83.6 Å². The molecule has 0 amide bonds. The number of aromatic nitrogens is 4. The first-order chi connectivity index (χ1) is 14.2. The second kappa shape index (κ2) is 8.72. The molecule has 0 unspecified atom stereocenters. The summed E-state index contributed by atoms with van der Waals surface area (Å²) in [4.78, 5) is 16.3. The topological polar surface area (TPSA) is 79.3 Å². The Balaban J connectivity index is 1.77. The summed E-state index contributed by atoms with van der Waals surface area (Å²) in [6.07, 6.45) is 9.44. The van der Waals surface area contributed by atoms with Gasteiger partial charge in [-0.05, 0) is 36.4 Å². The van der Waals surface area contributed by atoms with Crippen LogP contribution in [-0.4, -0.2) is 19.9 Å². The van der Waals surface area contributed by atoms with E-state index in [-0.39, 0.29) is 27.6 Å². The van der Waals surface area contributed by atoms with Gasteiger partial charge in [-0.25, -0.2) is 0 Å². The highest BCUT2D eigenvalue weighted by molar-refractivity contribution is 6.38. The summed E-state index contributed by atoms with van der Waals surface area (Å²) >= 11 is 13.0. The molecule has 9 heteroatoms. The summed E-state index contributed by atoms with van der Waals surface area (Å²) in [6, 6.07) is 10.3. The van der Waals surface area contributed by atoms with Crippen molar-refractivity contribution < 1.29 is 14.2 Å². The molecule has 4 rings (SSSR count). The van der Waals surface area contributed by atoms with Gasteiger partial charge in [0.05, 0.1) is 18.6 Å². The van der Waals surface area contributed by atoms with Crippen LogP contribution >= 0.6 is 23.2 Å². The van der Waals surface area contributed by atoms with Crippen molar-refractivity contribution in [3.8, 4) is 34.8 Å². The zero-order valence-corrected chi connectivity index (χ0v) is 16.2. The molecule has 4 aromatic heterocycles. The monoisotopic (exact) mass is 426 g/mol. The van der Waals surface area contributed by atoms with E-state index in [2.05, 4.69) is 19.9 Å². The molecule has 0 spiro atoms. The number of hydrogen-bond donors (Lipinski definition) is 0. The summed E-state index contributed by atoms with van der Waals surface area (Å²) < 4.78 is 17.4. The Morgan fingerprint density at radius 2 is 1.00 bits per heavy atom. The molecular formula is C20H12Cl2N4O3. The highest BCUT2D eigenvalue weighted by Gasteiger charge is 2.23. The molecule has 0 bridgehead atoms. The van der Waals surface area contributed by atoms with Crippen molar-refractivity contribution in [2.45, 2.75) is 0 Å². The normalized spacial score (nSPS) is 10.4. The first-order valence-corrected chi connectivity index (χ1v) is 9.09. The minimum Gasteiger partial charge on any atom is -0.452 e. The summed E-state index contributed by atoms with van der Waals surface area (Å²) in [5, 5.41) is 0.141. The van der Waals surface area contributed by atoms with Gasteiger partial charge in [0.1, 0.15) is 27.3 Å². The van der Waals surface area contributed by atoms with Crippen molar-refractivity contribution in [1.29, 1.82) is 0 Å². The van der Waals surface area contributed by atoms with E-state index in [9.17, 15) is 0 Å². The van der Waals surface area contributed by atoms with Crippen LogP contribution in [0, 0.1) is 0 Å². The van der Waals surface area contributed by atoms with Gasteiger partial charge in [0, 0.05) is 18.6 Å². The number of rotatable bonds is 6. The van der Waals surface area contributed by atoms with E-state index >= 15 is 0 Å². The average molecular weight is 427 g/mol. The van der Waals surface area contributed by atoms with Crippen LogP contribution in [0.3, 0.4) is 0 Å². The number of ether oxygens (including phenoxy) is 3. The third-order valence-electron chi connectivity index (χ3n) is 3.53. The number of halogens is 2. The van der Waals surface area contributed by atoms with Gasteiger partial charge in [0.15, 0.2) is 5.75 Å². The molecule has 0 N–H and O–H groups in total. The standard InChI is InChI=1S/C20H12Cl2N4O3/c21-16-18(27-13-4-1-7-23-10-13)17(22)20(29-15-6-3-9-25-12-15)26-19(16)28-14-5-2-8-24-11-14/h1-12H. The molecule has 0 atom stereocenters. The molecular weight excluding hydrogens is 415 g/mol. The van der Waals surface area contributed by atoms with Crippen LogP contribution in [0.1, 0.15) is 0 Å². The van der Waals surface area contributed by atoms with Crippen molar-refractivity contribution in [2.24, 2.45) is 0 Å². The Morgan fingerprint density at radius 1 is 0.586 bits per heavy atom. The van der Waals surface area contributed by atoms with E-state index in [0.717, 1.165) is 0 Å². The second-order valence-corrected chi connectivity index (χ2v) is 6.31. The fourth-order valence-electron chi connectivity index (χ4n) is 2.27. The van der Waals surface area contributed by atoms with Gasteiger partial charge in [-0.2, -0.15) is 4.98 Å². The summed E-state index contributed by atoms with van der Waals surface area (Å²) in [7, 11) is 0. The lowest BCUT2D eigenvalue weighted by Crippen LogP contribution is -1.98. The molecule has 0 aliphatic heterocycles. The Kier molecular flexibility index (Phi) is 5.69. The zero-order valence-electron chi connectivity index (χ0n) is 14.7. The molecule has 144 valence electrons. The average Bonchev–Trinajstić information content (AvgIpc) is 2.77. The largest absolute Gasteiger partial charge is 0.452 e. The fraction of sp³-hybridized carbons (Fsp3) is 0. The molecule has 4 aromatic rings. The van der Waals surface area contributed by atoms with Gasteiger partial charge in [-0.15, -0.1) is 0 Å². The molecule has 7 nitrogen and oxygen atoms in total. The Morgan fingerprint density at radius 3 is 1.38 bits per heavy atom. The predicted molar refractivity (Wildman–Crippen MR) is 107 cm³/mol. The molecule has 0 saturated carbocycles. The van der Waals surface area contributed by atoms with E-state index < -0.39 is 0 Å². The van der Waals surface area contributed by atoms with Crippen LogP contribution in [-0.2, 0) is 0 Å². The highest BCUT2D eigenvalue weighted by Crippen LogP contribution is 2.47. The number of hydrogen-bond acceptors (Lipinski definition) is 7. The van der Waals surface area contributed by atoms with Gasteiger partial charge < -0.3 is 14.2 Å². The van der Waals surface area contributed by atoms with Crippen molar-refractivity contribution in [3.63, 3.8) is 0 Å². The van der Waals surface area contributed by atoms with Gasteiger partial charge in [-0.1, -0.05) is 23.2 Å². The lowest BCUT2D eigenvalue weighted by molar-refractivity contribution is 0.411. The van der Waals surface area contributed by atoms with Crippen molar-refractivity contribution >= 4 is 23.2 Å². The SMILES string of the molecule is Clc1c(Oc2cccnc2)nc(Oc2cccnc2)c(Cl)c1Oc1cccnc1. The predicted octanol–water partition coefficient (Wildman–Crippen LogP) is 5.95. The second-order valence-electron chi connectivity index (χ2n) is 5.55. The van der Waals surface area contributed by atoms with E-state index in [1.165, 1.54) is 18.6 Å². The molecule has 0 saturated heterocycles. The number of pyridine rings is 4. The van der Waals surface area contributed by atoms with Crippen molar-refractivity contribution in [1.82, 2.24) is 19.9 Å². The summed E-state index contributed by atoms with van der Waals surface area (Å²) in [6.45, 7) is 0. The maximum absolute atomic E-state index is 6.48. The summed E-state index contributed by atoms with van der Waals surface area (Å²) in [5.74, 6) is 1.51. The number of nitrogens with zero attached hydrogens (tertiary/aromatic N) is 4.